The van der Waals surface area contributed by atoms with Gasteiger partial charge in [0, 0.05) is 23.8 Å². The van der Waals surface area contributed by atoms with Crippen LogP contribution in [0.1, 0.15) is 43.7 Å². The second-order valence-corrected chi connectivity index (χ2v) is 5.91. The smallest absolute Gasteiger partial charge is 0.0404 e. The van der Waals surface area contributed by atoms with Crippen molar-refractivity contribution in [2.45, 2.75) is 64.1 Å². The van der Waals surface area contributed by atoms with E-state index in [-0.39, 0.29) is 0 Å². The summed E-state index contributed by atoms with van der Waals surface area (Å²) in [6.07, 6.45) is 6.43. The maximum Gasteiger partial charge on any atom is 0.0404 e. The summed E-state index contributed by atoms with van der Waals surface area (Å²) >= 11 is 0. The highest BCUT2D eigenvalue weighted by Gasteiger charge is 2.33. The van der Waals surface area contributed by atoms with Gasteiger partial charge in [0.15, 0.2) is 0 Å². The van der Waals surface area contributed by atoms with Crippen LogP contribution in [-0.4, -0.2) is 18.1 Å². The van der Waals surface area contributed by atoms with Crippen molar-refractivity contribution in [1.82, 2.24) is 5.32 Å². The molecule has 0 saturated carbocycles. The Morgan fingerprint density at radius 2 is 1.94 bits per heavy atom. The molecule has 2 unspecified atom stereocenters. The largest absolute Gasteiger partial charge is 0.382 e. The van der Waals surface area contributed by atoms with Gasteiger partial charge in [0.2, 0.25) is 0 Å². The molecule has 2 aliphatic heterocycles. The third-order valence-corrected chi connectivity index (χ3v) is 4.56. The van der Waals surface area contributed by atoms with Crippen LogP contribution in [0.2, 0.25) is 0 Å². The standard InChI is InChI=1S/C16H24N2/c1-3-12-6-4-5-11(2)16(12)18-15-9-13-7-8-14(10-15)17-13/h4-6,13-15,17-18H,3,7-10H2,1-2H3. The second-order valence-electron chi connectivity index (χ2n) is 5.91. The van der Waals surface area contributed by atoms with Crippen LogP contribution in [0.5, 0.6) is 0 Å². The van der Waals surface area contributed by atoms with E-state index < -0.39 is 0 Å². The van der Waals surface area contributed by atoms with Gasteiger partial charge < -0.3 is 10.6 Å². The van der Waals surface area contributed by atoms with E-state index in [4.69, 9.17) is 0 Å². The fraction of sp³-hybridized carbons (Fsp3) is 0.625. The molecule has 2 heterocycles. The van der Waals surface area contributed by atoms with E-state index in [9.17, 15) is 0 Å². The summed E-state index contributed by atoms with van der Waals surface area (Å²) in [5, 5.41) is 7.54. The molecule has 2 nitrogen and oxygen atoms in total. The zero-order chi connectivity index (χ0) is 12.5. The number of hydrogen-bond acceptors (Lipinski definition) is 2. The average molecular weight is 244 g/mol. The van der Waals surface area contributed by atoms with E-state index in [0.29, 0.717) is 6.04 Å². The summed E-state index contributed by atoms with van der Waals surface area (Å²) in [6, 6.07) is 8.83. The summed E-state index contributed by atoms with van der Waals surface area (Å²) in [5.41, 5.74) is 4.24. The van der Waals surface area contributed by atoms with Crippen LogP contribution in [0.4, 0.5) is 5.69 Å². The number of anilines is 1. The lowest BCUT2D eigenvalue weighted by atomic mass is 9.97. The highest BCUT2D eigenvalue weighted by Crippen LogP contribution is 2.30. The van der Waals surface area contributed by atoms with Gasteiger partial charge in [0.1, 0.15) is 0 Å². The van der Waals surface area contributed by atoms with Crippen molar-refractivity contribution in [3.05, 3.63) is 29.3 Å². The Kier molecular flexibility index (Phi) is 3.29. The maximum absolute atomic E-state index is 3.83. The van der Waals surface area contributed by atoms with Crippen molar-refractivity contribution in [1.29, 1.82) is 0 Å². The quantitative estimate of drug-likeness (QED) is 0.853. The number of hydrogen-bond donors (Lipinski definition) is 2. The molecule has 2 fully saturated rings. The Balaban J connectivity index is 1.76. The van der Waals surface area contributed by atoms with Gasteiger partial charge in [0.25, 0.3) is 0 Å². The molecule has 2 bridgehead atoms. The molecular weight excluding hydrogens is 220 g/mol. The Labute approximate surface area is 110 Å². The molecule has 2 saturated heterocycles. The summed E-state index contributed by atoms with van der Waals surface area (Å²) in [6.45, 7) is 4.46. The summed E-state index contributed by atoms with van der Waals surface area (Å²) < 4.78 is 0. The zero-order valence-corrected chi connectivity index (χ0v) is 11.5. The Hall–Kier alpha value is -1.02. The van der Waals surface area contributed by atoms with Gasteiger partial charge in [-0.15, -0.1) is 0 Å². The molecule has 18 heavy (non-hydrogen) atoms. The molecule has 2 heteroatoms. The van der Waals surface area contributed by atoms with Gasteiger partial charge in [-0.1, -0.05) is 25.1 Å². The zero-order valence-electron chi connectivity index (χ0n) is 11.5. The number of para-hydroxylation sites is 1. The van der Waals surface area contributed by atoms with Crippen LogP contribution in [0.25, 0.3) is 0 Å². The van der Waals surface area contributed by atoms with Gasteiger partial charge >= 0.3 is 0 Å². The summed E-state index contributed by atoms with van der Waals surface area (Å²) in [4.78, 5) is 0. The monoisotopic (exact) mass is 244 g/mol. The number of nitrogens with one attached hydrogen (secondary N) is 2. The molecule has 0 amide bonds. The molecule has 2 aliphatic rings. The molecule has 3 rings (SSSR count). The van der Waals surface area contributed by atoms with Gasteiger partial charge in [0.05, 0.1) is 0 Å². The van der Waals surface area contributed by atoms with Crippen molar-refractivity contribution in [3.63, 3.8) is 0 Å². The van der Waals surface area contributed by atoms with Crippen molar-refractivity contribution >= 4 is 5.69 Å². The van der Waals surface area contributed by atoms with Gasteiger partial charge in [-0.25, -0.2) is 0 Å². The molecular formula is C16H24N2. The first-order valence-corrected chi connectivity index (χ1v) is 7.37. The van der Waals surface area contributed by atoms with E-state index in [1.807, 2.05) is 0 Å². The number of fused-ring (bicyclic) bond motifs is 2. The van der Waals surface area contributed by atoms with Crippen LogP contribution in [-0.2, 0) is 6.42 Å². The van der Waals surface area contributed by atoms with Crippen molar-refractivity contribution < 1.29 is 0 Å². The molecule has 0 radical (unpaired) electrons. The predicted octanol–water partition coefficient (Wildman–Crippen LogP) is 3.25. The molecule has 0 aliphatic carbocycles. The first-order chi connectivity index (χ1) is 8.76. The second kappa shape index (κ2) is 4.93. The topological polar surface area (TPSA) is 24.1 Å². The van der Waals surface area contributed by atoms with Crippen LogP contribution in [0, 0.1) is 6.92 Å². The molecule has 1 aromatic carbocycles. The van der Waals surface area contributed by atoms with E-state index in [0.717, 1.165) is 18.5 Å². The molecule has 2 atom stereocenters. The van der Waals surface area contributed by atoms with E-state index in [2.05, 4.69) is 42.7 Å². The van der Waals surface area contributed by atoms with Gasteiger partial charge in [-0.05, 0) is 50.2 Å². The molecule has 2 N–H and O–H groups in total. The maximum atomic E-state index is 3.83. The Morgan fingerprint density at radius 1 is 1.22 bits per heavy atom. The van der Waals surface area contributed by atoms with Crippen LogP contribution in [0.3, 0.4) is 0 Å². The highest BCUT2D eigenvalue weighted by atomic mass is 15.0. The lowest BCUT2D eigenvalue weighted by Gasteiger charge is -2.31. The number of aryl methyl sites for hydroxylation is 2. The van der Waals surface area contributed by atoms with E-state index in [1.165, 1.54) is 42.5 Å². The minimum absolute atomic E-state index is 0.662. The fourth-order valence-electron chi connectivity index (χ4n) is 3.61. The minimum Gasteiger partial charge on any atom is -0.382 e. The SMILES string of the molecule is CCc1cccc(C)c1NC1CC2CCC(C1)N2. The Morgan fingerprint density at radius 3 is 2.61 bits per heavy atom. The number of benzene rings is 1. The molecule has 0 aromatic heterocycles. The van der Waals surface area contributed by atoms with E-state index >= 15 is 0 Å². The molecule has 1 aromatic rings. The molecule has 98 valence electrons. The highest BCUT2D eigenvalue weighted by molar-refractivity contribution is 5.58. The summed E-state index contributed by atoms with van der Waals surface area (Å²) in [5.74, 6) is 0. The Bertz CT molecular complexity index is 415. The van der Waals surface area contributed by atoms with Gasteiger partial charge in [-0.2, -0.15) is 0 Å². The lowest BCUT2D eigenvalue weighted by Crippen LogP contribution is -2.43. The number of piperidine rings is 1. The van der Waals surface area contributed by atoms with Crippen molar-refractivity contribution in [2.24, 2.45) is 0 Å². The molecule has 0 spiro atoms. The first kappa shape index (κ1) is 12.0. The van der Waals surface area contributed by atoms with Crippen molar-refractivity contribution in [2.75, 3.05) is 5.32 Å². The van der Waals surface area contributed by atoms with Crippen LogP contribution in [0.15, 0.2) is 18.2 Å². The lowest BCUT2D eigenvalue weighted by molar-refractivity contribution is 0.378. The normalized spacial score (nSPS) is 30.4. The third-order valence-electron chi connectivity index (χ3n) is 4.56. The third kappa shape index (κ3) is 2.26. The fourth-order valence-corrected chi connectivity index (χ4v) is 3.61. The summed E-state index contributed by atoms with van der Waals surface area (Å²) in [7, 11) is 0. The van der Waals surface area contributed by atoms with Crippen LogP contribution >= 0.6 is 0 Å². The van der Waals surface area contributed by atoms with Gasteiger partial charge in [-0.3, -0.25) is 0 Å². The predicted molar refractivity (Wildman–Crippen MR) is 77.1 cm³/mol. The van der Waals surface area contributed by atoms with Crippen LogP contribution < -0.4 is 10.6 Å². The van der Waals surface area contributed by atoms with Crippen molar-refractivity contribution in [3.8, 4) is 0 Å². The first-order valence-electron chi connectivity index (χ1n) is 7.37. The number of rotatable bonds is 3. The minimum atomic E-state index is 0.662. The average Bonchev–Trinajstić information content (AvgIpc) is 2.71. The van der Waals surface area contributed by atoms with E-state index in [1.54, 1.807) is 0 Å².